The molecule has 0 unspecified atom stereocenters. The number of nitrogens with zero attached hydrogens (tertiary/aromatic N) is 3. The number of benzene rings is 1. The Hall–Kier alpha value is -3.98. The van der Waals surface area contributed by atoms with Crippen LogP contribution in [0.5, 0.6) is 11.5 Å². The van der Waals surface area contributed by atoms with Crippen LogP contribution in [0.4, 0.5) is 17.2 Å². The van der Waals surface area contributed by atoms with Crippen molar-refractivity contribution < 1.29 is 13.2 Å². The smallest absolute Gasteiger partial charge is 0.229 e. The van der Waals surface area contributed by atoms with Crippen LogP contribution < -0.4 is 14.8 Å². The summed E-state index contributed by atoms with van der Waals surface area (Å²) in [5.74, 6) is 1.70. The molecule has 3 heterocycles. The predicted octanol–water partition coefficient (Wildman–Crippen LogP) is 5.06. The van der Waals surface area contributed by atoms with Crippen LogP contribution >= 0.6 is 0 Å². The summed E-state index contributed by atoms with van der Waals surface area (Å²) in [6.07, 6.45) is 4.46. The molecule has 2 N–H and O–H groups in total. The third kappa shape index (κ3) is 5.83. The largest absolute Gasteiger partial charge is 0.455 e. The van der Waals surface area contributed by atoms with E-state index in [9.17, 15) is 8.42 Å². The second kappa shape index (κ2) is 9.25. The van der Waals surface area contributed by atoms with Crippen LogP contribution in [-0.4, -0.2) is 29.6 Å². The summed E-state index contributed by atoms with van der Waals surface area (Å²) >= 11 is 0. The van der Waals surface area contributed by atoms with E-state index in [1.54, 1.807) is 42.7 Å². The van der Waals surface area contributed by atoms with Gasteiger partial charge in [0.15, 0.2) is 5.75 Å². The Morgan fingerprint density at radius 3 is 2.45 bits per heavy atom. The summed E-state index contributed by atoms with van der Waals surface area (Å²) in [5, 5.41) is 3.17. The van der Waals surface area contributed by atoms with Gasteiger partial charge in [-0.15, -0.1) is 0 Å². The molecule has 9 heteroatoms. The van der Waals surface area contributed by atoms with Crippen molar-refractivity contribution in [2.24, 2.45) is 0 Å². The lowest BCUT2D eigenvalue weighted by Gasteiger charge is -2.14. The van der Waals surface area contributed by atoms with Crippen LogP contribution in [0.25, 0.3) is 11.4 Å². The number of ether oxygens (including phenoxy) is 1. The van der Waals surface area contributed by atoms with Crippen molar-refractivity contribution in [2.75, 3.05) is 16.3 Å². The fourth-order valence-corrected chi connectivity index (χ4v) is 3.69. The number of hydrogen-bond acceptors (Lipinski definition) is 7. The predicted molar refractivity (Wildman–Crippen MR) is 129 cm³/mol. The second-order valence-electron chi connectivity index (χ2n) is 7.51. The molecule has 0 fully saturated rings. The summed E-state index contributed by atoms with van der Waals surface area (Å²) in [5.41, 5.74) is 4.42. The van der Waals surface area contributed by atoms with Gasteiger partial charge in [-0.25, -0.2) is 18.4 Å². The zero-order chi connectivity index (χ0) is 23.4. The lowest BCUT2D eigenvalue weighted by Crippen LogP contribution is -2.09. The monoisotopic (exact) mass is 461 g/mol. The molecule has 0 aliphatic heterocycles. The lowest BCUT2D eigenvalue weighted by molar-refractivity contribution is 0.481. The van der Waals surface area contributed by atoms with Gasteiger partial charge in [0, 0.05) is 29.8 Å². The highest BCUT2D eigenvalue weighted by atomic mass is 32.2. The summed E-state index contributed by atoms with van der Waals surface area (Å²) < 4.78 is 31.6. The highest BCUT2D eigenvalue weighted by Gasteiger charge is 2.13. The van der Waals surface area contributed by atoms with Gasteiger partial charge < -0.3 is 10.1 Å². The topological polar surface area (TPSA) is 106 Å². The van der Waals surface area contributed by atoms with Crippen molar-refractivity contribution in [1.82, 2.24) is 15.0 Å². The third-order valence-electron chi connectivity index (χ3n) is 4.74. The minimum atomic E-state index is -3.37. The molecule has 168 valence electrons. The van der Waals surface area contributed by atoms with Gasteiger partial charge in [0.2, 0.25) is 10.0 Å². The SMILES string of the molecule is Cc1cc(Oc2ccnc(Nc3cccc(NS(C)(=O)=O)c3)c2)c(-c2ccccn2)nc1C. The molecule has 0 atom stereocenters. The van der Waals surface area contributed by atoms with E-state index >= 15 is 0 Å². The van der Waals surface area contributed by atoms with Crippen LogP contribution in [0.3, 0.4) is 0 Å². The van der Waals surface area contributed by atoms with Crippen molar-refractivity contribution in [2.45, 2.75) is 13.8 Å². The Morgan fingerprint density at radius 2 is 1.70 bits per heavy atom. The van der Waals surface area contributed by atoms with E-state index in [0.29, 0.717) is 34.4 Å². The number of sulfonamides is 1. The molecule has 3 aromatic heterocycles. The van der Waals surface area contributed by atoms with Gasteiger partial charge in [0.05, 0.1) is 17.6 Å². The second-order valence-corrected chi connectivity index (χ2v) is 9.26. The Labute approximate surface area is 192 Å². The van der Waals surface area contributed by atoms with Crippen molar-refractivity contribution in [3.63, 3.8) is 0 Å². The van der Waals surface area contributed by atoms with Gasteiger partial charge in [0.1, 0.15) is 17.3 Å². The number of hydrogen-bond donors (Lipinski definition) is 2. The number of pyridine rings is 3. The number of nitrogens with one attached hydrogen (secondary N) is 2. The average Bonchev–Trinajstić information content (AvgIpc) is 2.76. The first kappa shape index (κ1) is 22.2. The van der Waals surface area contributed by atoms with E-state index in [-0.39, 0.29) is 0 Å². The van der Waals surface area contributed by atoms with E-state index in [1.807, 2.05) is 44.2 Å². The Balaban J connectivity index is 1.60. The van der Waals surface area contributed by atoms with Crippen molar-refractivity contribution in [3.05, 3.63) is 84.3 Å². The minimum absolute atomic E-state index is 0.455. The van der Waals surface area contributed by atoms with E-state index in [0.717, 1.165) is 23.2 Å². The summed E-state index contributed by atoms with van der Waals surface area (Å²) in [6, 6.07) is 18.0. The number of aromatic nitrogens is 3. The molecular formula is C24H23N5O3S. The Kier molecular flexibility index (Phi) is 6.23. The van der Waals surface area contributed by atoms with Crippen LogP contribution in [0.15, 0.2) is 73.1 Å². The molecule has 0 aliphatic carbocycles. The normalized spacial score (nSPS) is 11.1. The van der Waals surface area contributed by atoms with Gasteiger partial charge in [-0.2, -0.15) is 0 Å². The molecule has 4 rings (SSSR count). The van der Waals surface area contributed by atoms with Crippen molar-refractivity contribution >= 4 is 27.2 Å². The molecule has 0 radical (unpaired) electrons. The molecule has 1 aromatic carbocycles. The van der Waals surface area contributed by atoms with Gasteiger partial charge >= 0.3 is 0 Å². The fourth-order valence-electron chi connectivity index (χ4n) is 3.14. The first-order valence-corrected chi connectivity index (χ1v) is 12.0. The standard InChI is InChI=1S/C24H23N5O3S/c1-16-13-22(24(27-17(16)2)21-9-4-5-11-25-21)32-20-10-12-26-23(15-20)28-18-7-6-8-19(14-18)29-33(3,30)31/h4-15,29H,1-3H3,(H,26,28). The highest BCUT2D eigenvalue weighted by Crippen LogP contribution is 2.33. The van der Waals surface area contributed by atoms with E-state index < -0.39 is 10.0 Å². The van der Waals surface area contributed by atoms with Gasteiger partial charge in [-0.1, -0.05) is 12.1 Å². The highest BCUT2D eigenvalue weighted by molar-refractivity contribution is 7.92. The Morgan fingerprint density at radius 1 is 0.879 bits per heavy atom. The average molecular weight is 462 g/mol. The molecule has 0 aliphatic rings. The molecule has 0 spiro atoms. The van der Waals surface area contributed by atoms with E-state index in [2.05, 4.69) is 20.0 Å². The van der Waals surface area contributed by atoms with Crippen molar-refractivity contribution in [1.29, 1.82) is 0 Å². The zero-order valence-corrected chi connectivity index (χ0v) is 19.2. The molecular weight excluding hydrogens is 438 g/mol. The molecule has 0 saturated carbocycles. The van der Waals surface area contributed by atoms with Crippen LogP contribution in [-0.2, 0) is 10.0 Å². The van der Waals surface area contributed by atoms with Crippen LogP contribution in [0, 0.1) is 13.8 Å². The van der Waals surface area contributed by atoms with Gasteiger partial charge in [0.25, 0.3) is 0 Å². The quantitative estimate of drug-likeness (QED) is 0.396. The lowest BCUT2D eigenvalue weighted by atomic mass is 10.1. The minimum Gasteiger partial charge on any atom is -0.455 e. The maximum absolute atomic E-state index is 11.5. The molecule has 0 bridgehead atoms. The maximum atomic E-state index is 11.5. The molecule has 0 saturated heterocycles. The van der Waals surface area contributed by atoms with Crippen LogP contribution in [0.2, 0.25) is 0 Å². The van der Waals surface area contributed by atoms with E-state index in [1.165, 1.54) is 0 Å². The first-order chi connectivity index (χ1) is 15.8. The molecule has 33 heavy (non-hydrogen) atoms. The van der Waals surface area contributed by atoms with Gasteiger partial charge in [-0.05, 0) is 61.9 Å². The molecule has 8 nitrogen and oxygen atoms in total. The van der Waals surface area contributed by atoms with Crippen LogP contribution in [0.1, 0.15) is 11.3 Å². The number of anilines is 3. The van der Waals surface area contributed by atoms with Gasteiger partial charge in [-0.3, -0.25) is 9.71 Å². The van der Waals surface area contributed by atoms with Crippen molar-refractivity contribution in [3.8, 4) is 22.9 Å². The molecule has 4 aromatic rings. The Bertz CT molecular complexity index is 1390. The number of aryl methyl sites for hydroxylation is 2. The fraction of sp³-hybridized carbons (Fsp3) is 0.125. The molecule has 0 amide bonds. The zero-order valence-electron chi connectivity index (χ0n) is 18.4. The first-order valence-electron chi connectivity index (χ1n) is 10.2. The number of rotatable bonds is 7. The van der Waals surface area contributed by atoms with E-state index in [4.69, 9.17) is 9.72 Å². The summed E-state index contributed by atoms with van der Waals surface area (Å²) in [6.45, 7) is 3.93. The summed E-state index contributed by atoms with van der Waals surface area (Å²) in [7, 11) is -3.37. The maximum Gasteiger partial charge on any atom is 0.229 e. The third-order valence-corrected chi connectivity index (χ3v) is 5.34. The summed E-state index contributed by atoms with van der Waals surface area (Å²) in [4.78, 5) is 13.4.